The van der Waals surface area contributed by atoms with Gasteiger partial charge in [0, 0.05) is 25.7 Å². The summed E-state index contributed by atoms with van der Waals surface area (Å²) in [4.78, 5) is 40.3. The molecule has 2 heterocycles. The van der Waals surface area contributed by atoms with E-state index < -0.39 is 17.2 Å². The Morgan fingerprint density at radius 1 is 1.15 bits per heavy atom. The highest BCUT2D eigenvalue weighted by molar-refractivity contribution is 6.30. The lowest BCUT2D eigenvalue weighted by Crippen LogP contribution is -2.37. The van der Waals surface area contributed by atoms with Crippen LogP contribution in [-0.2, 0) is 36.8 Å². The summed E-state index contributed by atoms with van der Waals surface area (Å²) in [5.74, 6) is -0.400. The smallest absolute Gasteiger partial charge is 0.332 e. The first-order valence-electron chi connectivity index (χ1n) is 7.89. The van der Waals surface area contributed by atoms with Crippen molar-refractivity contribution in [1.29, 1.82) is 0 Å². The van der Waals surface area contributed by atoms with E-state index in [2.05, 4.69) is 4.98 Å². The van der Waals surface area contributed by atoms with E-state index in [4.69, 9.17) is 16.3 Å². The summed E-state index contributed by atoms with van der Waals surface area (Å²) in [6.07, 6.45) is 1.52. The molecule has 26 heavy (non-hydrogen) atoms. The SMILES string of the molecule is Cn1c(=O)c2c(ncn2CCC(=O)OCc2ccc(Cl)cc2)n(C)c1=O. The van der Waals surface area contributed by atoms with Crippen LogP contribution in [0, 0.1) is 0 Å². The number of esters is 1. The zero-order chi connectivity index (χ0) is 18.8. The van der Waals surface area contributed by atoms with Crippen molar-refractivity contribution in [3.05, 3.63) is 62.0 Å². The predicted octanol–water partition coefficient (Wildman–Crippen LogP) is 1.22. The maximum Gasteiger partial charge on any atom is 0.332 e. The highest BCUT2D eigenvalue weighted by Gasteiger charge is 2.15. The minimum atomic E-state index is -0.449. The average molecular weight is 377 g/mol. The molecule has 0 atom stereocenters. The van der Waals surface area contributed by atoms with E-state index in [0.717, 1.165) is 10.1 Å². The summed E-state index contributed by atoms with van der Waals surface area (Å²) in [6, 6.07) is 7.01. The molecule has 3 rings (SSSR count). The number of aryl methyl sites for hydroxylation is 2. The third kappa shape index (κ3) is 3.41. The topological polar surface area (TPSA) is 88.1 Å². The van der Waals surface area contributed by atoms with Gasteiger partial charge in [-0.25, -0.2) is 9.78 Å². The van der Waals surface area contributed by atoms with Gasteiger partial charge in [0.1, 0.15) is 6.61 Å². The second-order valence-electron chi connectivity index (χ2n) is 5.85. The third-order valence-electron chi connectivity index (χ3n) is 4.09. The van der Waals surface area contributed by atoms with Gasteiger partial charge in [-0.1, -0.05) is 23.7 Å². The first-order chi connectivity index (χ1) is 12.4. The van der Waals surface area contributed by atoms with Gasteiger partial charge in [0.25, 0.3) is 5.56 Å². The van der Waals surface area contributed by atoms with E-state index >= 15 is 0 Å². The molecule has 1 aromatic carbocycles. The summed E-state index contributed by atoms with van der Waals surface area (Å²) in [5, 5.41) is 0.614. The Morgan fingerprint density at radius 3 is 2.54 bits per heavy atom. The van der Waals surface area contributed by atoms with Crippen LogP contribution >= 0.6 is 11.6 Å². The summed E-state index contributed by atoms with van der Waals surface area (Å²) < 4.78 is 9.09. The van der Waals surface area contributed by atoms with Crippen LogP contribution in [0.4, 0.5) is 0 Å². The molecular formula is C17H17ClN4O4. The van der Waals surface area contributed by atoms with Crippen molar-refractivity contribution in [1.82, 2.24) is 18.7 Å². The lowest BCUT2D eigenvalue weighted by atomic mass is 10.2. The second-order valence-corrected chi connectivity index (χ2v) is 6.29. The number of hydrogen-bond acceptors (Lipinski definition) is 5. The molecule has 3 aromatic rings. The van der Waals surface area contributed by atoms with Crippen LogP contribution in [0.2, 0.25) is 5.02 Å². The fourth-order valence-electron chi connectivity index (χ4n) is 2.59. The Kier molecular flexibility index (Phi) is 4.94. The number of aromatic nitrogens is 4. The van der Waals surface area contributed by atoms with E-state index in [-0.39, 0.29) is 30.7 Å². The van der Waals surface area contributed by atoms with Crippen LogP contribution in [0.5, 0.6) is 0 Å². The second kappa shape index (κ2) is 7.17. The van der Waals surface area contributed by atoms with Crippen molar-refractivity contribution in [2.45, 2.75) is 19.6 Å². The molecule has 0 saturated heterocycles. The molecule has 0 spiro atoms. The Bertz CT molecular complexity index is 1080. The fourth-order valence-corrected chi connectivity index (χ4v) is 2.72. The number of hydrogen-bond donors (Lipinski definition) is 0. The van der Waals surface area contributed by atoms with Crippen molar-refractivity contribution >= 4 is 28.7 Å². The van der Waals surface area contributed by atoms with Crippen LogP contribution in [0.3, 0.4) is 0 Å². The maximum absolute atomic E-state index is 12.3. The number of nitrogens with zero attached hydrogens (tertiary/aromatic N) is 4. The predicted molar refractivity (Wildman–Crippen MR) is 96.1 cm³/mol. The van der Waals surface area contributed by atoms with Gasteiger partial charge in [0.15, 0.2) is 11.2 Å². The van der Waals surface area contributed by atoms with Crippen molar-refractivity contribution < 1.29 is 9.53 Å². The van der Waals surface area contributed by atoms with E-state index in [9.17, 15) is 14.4 Å². The van der Waals surface area contributed by atoms with Crippen LogP contribution in [0.25, 0.3) is 11.2 Å². The summed E-state index contributed by atoms with van der Waals surface area (Å²) in [6.45, 7) is 0.375. The first kappa shape index (κ1) is 17.9. The van der Waals surface area contributed by atoms with Gasteiger partial charge in [-0.15, -0.1) is 0 Å². The number of imidazole rings is 1. The normalized spacial score (nSPS) is 11.0. The number of benzene rings is 1. The quantitative estimate of drug-likeness (QED) is 0.625. The van der Waals surface area contributed by atoms with E-state index in [1.54, 1.807) is 35.9 Å². The monoisotopic (exact) mass is 376 g/mol. The van der Waals surface area contributed by atoms with E-state index in [1.165, 1.54) is 17.9 Å². The third-order valence-corrected chi connectivity index (χ3v) is 4.34. The number of ether oxygens (including phenoxy) is 1. The van der Waals surface area contributed by atoms with Gasteiger partial charge in [0.2, 0.25) is 0 Å². The highest BCUT2D eigenvalue weighted by Crippen LogP contribution is 2.11. The molecule has 0 saturated carbocycles. The highest BCUT2D eigenvalue weighted by atomic mass is 35.5. The average Bonchev–Trinajstić information content (AvgIpc) is 3.06. The largest absolute Gasteiger partial charge is 0.461 e. The zero-order valence-corrected chi connectivity index (χ0v) is 15.1. The molecule has 0 radical (unpaired) electrons. The molecule has 0 aliphatic heterocycles. The molecule has 0 N–H and O–H groups in total. The summed E-state index contributed by atoms with van der Waals surface area (Å²) in [5.41, 5.74) is 0.498. The Labute approximate surface area is 153 Å². The molecular weight excluding hydrogens is 360 g/mol. The summed E-state index contributed by atoms with van der Waals surface area (Å²) in [7, 11) is 2.95. The molecule has 0 aliphatic rings. The Hall–Kier alpha value is -2.87. The van der Waals surface area contributed by atoms with Gasteiger partial charge in [-0.2, -0.15) is 0 Å². The lowest BCUT2D eigenvalue weighted by molar-refractivity contribution is -0.145. The number of rotatable bonds is 5. The van der Waals surface area contributed by atoms with Gasteiger partial charge < -0.3 is 9.30 Å². The van der Waals surface area contributed by atoms with Crippen molar-refractivity contribution in [3.63, 3.8) is 0 Å². The molecule has 0 fully saturated rings. The Morgan fingerprint density at radius 2 is 1.85 bits per heavy atom. The molecule has 136 valence electrons. The van der Waals surface area contributed by atoms with E-state index in [0.29, 0.717) is 5.02 Å². The maximum atomic E-state index is 12.3. The van der Waals surface area contributed by atoms with Crippen molar-refractivity contribution in [3.8, 4) is 0 Å². The van der Waals surface area contributed by atoms with Gasteiger partial charge in [0.05, 0.1) is 12.7 Å². The molecule has 0 amide bonds. The zero-order valence-electron chi connectivity index (χ0n) is 14.3. The molecule has 9 heteroatoms. The molecule has 2 aromatic heterocycles. The van der Waals surface area contributed by atoms with Gasteiger partial charge >= 0.3 is 11.7 Å². The van der Waals surface area contributed by atoms with Crippen LogP contribution in [0.1, 0.15) is 12.0 Å². The van der Waals surface area contributed by atoms with Crippen molar-refractivity contribution in [2.24, 2.45) is 14.1 Å². The van der Waals surface area contributed by atoms with Gasteiger partial charge in [-0.05, 0) is 17.7 Å². The fraction of sp³-hybridized carbons (Fsp3) is 0.294. The van der Waals surface area contributed by atoms with Crippen molar-refractivity contribution in [2.75, 3.05) is 0 Å². The molecule has 8 nitrogen and oxygen atoms in total. The molecule has 0 bridgehead atoms. The number of fused-ring (bicyclic) bond motifs is 1. The van der Waals surface area contributed by atoms with Crippen LogP contribution in [0.15, 0.2) is 40.2 Å². The van der Waals surface area contributed by atoms with E-state index in [1.807, 2.05) is 0 Å². The standard InChI is InChI=1S/C17H17ClN4O4/c1-20-15-14(16(24)21(2)17(20)25)22(10-19-15)8-7-13(23)26-9-11-3-5-12(18)6-4-11/h3-6,10H,7-9H2,1-2H3. The number of carbonyl (C=O) groups excluding carboxylic acids is 1. The number of carbonyl (C=O) groups is 1. The molecule has 0 unspecified atom stereocenters. The number of halogens is 1. The lowest BCUT2D eigenvalue weighted by Gasteiger charge is -2.07. The minimum absolute atomic E-state index is 0.0744. The van der Waals surface area contributed by atoms with Gasteiger partial charge in [-0.3, -0.25) is 18.7 Å². The van der Waals surface area contributed by atoms with Crippen LogP contribution < -0.4 is 11.2 Å². The summed E-state index contributed by atoms with van der Waals surface area (Å²) >= 11 is 5.81. The Balaban J connectivity index is 1.70. The minimum Gasteiger partial charge on any atom is -0.461 e. The molecule has 0 aliphatic carbocycles. The van der Waals surface area contributed by atoms with Crippen LogP contribution in [-0.4, -0.2) is 24.7 Å². The first-order valence-corrected chi connectivity index (χ1v) is 8.27.